The Hall–Kier alpha value is -2.38. The van der Waals surface area contributed by atoms with Gasteiger partial charge in [0.05, 0.1) is 6.54 Å². The standard InChI is InChI=1S/C27H39N5O2/c33-26(34)32(20-25-28-13-14-29-25)19-23-8-6-22(7-9-23)18-30-15-10-27(21-30)11-16-31(17-12-27)24-4-2-1-3-5-24/h6-9,13-14,24H,1-5,10-12,15-21H2,(H,28,29)(H,33,34). The zero-order chi connectivity index (χ0) is 23.4. The van der Waals surface area contributed by atoms with Gasteiger partial charge in [0.1, 0.15) is 5.82 Å². The number of rotatable bonds is 7. The predicted molar refractivity (Wildman–Crippen MR) is 132 cm³/mol. The Balaban J connectivity index is 1.10. The molecule has 2 saturated heterocycles. The van der Waals surface area contributed by atoms with Crippen LogP contribution in [0.3, 0.4) is 0 Å². The van der Waals surface area contributed by atoms with Crippen LogP contribution >= 0.6 is 0 Å². The van der Waals surface area contributed by atoms with Gasteiger partial charge in [0.15, 0.2) is 0 Å². The van der Waals surface area contributed by atoms with Gasteiger partial charge in [-0.25, -0.2) is 9.78 Å². The molecule has 3 heterocycles. The number of benzene rings is 1. The van der Waals surface area contributed by atoms with Crippen LogP contribution in [-0.4, -0.2) is 68.1 Å². The highest BCUT2D eigenvalue weighted by molar-refractivity contribution is 5.64. The summed E-state index contributed by atoms with van der Waals surface area (Å²) in [4.78, 5) is 25.6. The van der Waals surface area contributed by atoms with Crippen LogP contribution in [0.1, 0.15) is 68.3 Å². The Morgan fingerprint density at radius 3 is 2.41 bits per heavy atom. The molecule has 1 amide bonds. The first-order valence-corrected chi connectivity index (χ1v) is 13.1. The number of nitrogens with one attached hydrogen (secondary N) is 1. The second-order valence-corrected chi connectivity index (χ2v) is 10.8. The largest absolute Gasteiger partial charge is 0.465 e. The molecule has 0 atom stereocenters. The summed E-state index contributed by atoms with van der Waals surface area (Å²) in [5.74, 6) is 0.659. The SMILES string of the molecule is O=C(O)N(Cc1ccc(CN2CCC3(CCN(C4CCCCC4)CC3)C2)cc1)Cc1ncc[nH]1. The lowest BCUT2D eigenvalue weighted by Crippen LogP contribution is -2.46. The maximum atomic E-state index is 11.7. The summed E-state index contributed by atoms with van der Waals surface area (Å²) in [6, 6.07) is 9.33. The molecule has 0 unspecified atom stereocenters. The minimum atomic E-state index is -0.933. The van der Waals surface area contributed by atoms with Gasteiger partial charge < -0.3 is 15.0 Å². The van der Waals surface area contributed by atoms with Gasteiger partial charge in [-0.3, -0.25) is 9.80 Å². The molecule has 1 aromatic carbocycles. The van der Waals surface area contributed by atoms with Gasteiger partial charge in [-0.1, -0.05) is 43.5 Å². The molecule has 7 heteroatoms. The number of hydrogen-bond donors (Lipinski definition) is 2. The minimum absolute atomic E-state index is 0.262. The molecular formula is C27H39N5O2. The van der Waals surface area contributed by atoms with Gasteiger partial charge >= 0.3 is 6.09 Å². The Bertz CT molecular complexity index is 915. The van der Waals surface area contributed by atoms with Crippen LogP contribution in [0.25, 0.3) is 0 Å². The van der Waals surface area contributed by atoms with Gasteiger partial charge in [-0.05, 0) is 68.3 Å². The molecule has 5 rings (SSSR count). The van der Waals surface area contributed by atoms with E-state index < -0.39 is 6.09 Å². The first-order chi connectivity index (χ1) is 16.6. The lowest BCUT2D eigenvalue weighted by atomic mass is 9.77. The maximum Gasteiger partial charge on any atom is 0.408 e. The van der Waals surface area contributed by atoms with E-state index in [1.807, 2.05) is 0 Å². The van der Waals surface area contributed by atoms with E-state index in [4.69, 9.17) is 0 Å². The summed E-state index contributed by atoms with van der Waals surface area (Å²) in [7, 11) is 0. The number of amides is 1. The van der Waals surface area contributed by atoms with Crippen molar-refractivity contribution in [2.24, 2.45) is 5.41 Å². The van der Waals surface area contributed by atoms with Crippen molar-refractivity contribution in [1.82, 2.24) is 24.7 Å². The summed E-state index contributed by atoms with van der Waals surface area (Å²) in [6.45, 7) is 6.63. The van der Waals surface area contributed by atoms with Crippen LogP contribution in [0.4, 0.5) is 4.79 Å². The summed E-state index contributed by atoms with van der Waals surface area (Å²) in [5, 5.41) is 9.56. The van der Waals surface area contributed by atoms with E-state index in [2.05, 4.69) is 44.0 Å². The van der Waals surface area contributed by atoms with Crippen molar-refractivity contribution in [1.29, 1.82) is 0 Å². The number of aromatic nitrogens is 2. The van der Waals surface area contributed by atoms with E-state index in [9.17, 15) is 9.90 Å². The minimum Gasteiger partial charge on any atom is -0.465 e. The second-order valence-electron chi connectivity index (χ2n) is 10.8. The van der Waals surface area contributed by atoms with Crippen LogP contribution in [0.15, 0.2) is 36.7 Å². The van der Waals surface area contributed by atoms with Crippen LogP contribution in [0.5, 0.6) is 0 Å². The van der Waals surface area contributed by atoms with Crippen LogP contribution in [0, 0.1) is 5.41 Å². The molecule has 7 nitrogen and oxygen atoms in total. The van der Waals surface area contributed by atoms with Crippen molar-refractivity contribution >= 4 is 6.09 Å². The second kappa shape index (κ2) is 10.5. The van der Waals surface area contributed by atoms with Gasteiger partial charge in [-0.15, -0.1) is 0 Å². The van der Waals surface area contributed by atoms with Crippen LogP contribution in [-0.2, 0) is 19.6 Å². The van der Waals surface area contributed by atoms with Crippen molar-refractivity contribution in [2.45, 2.75) is 77.0 Å². The molecule has 2 aliphatic heterocycles. The number of imidazole rings is 1. The molecule has 1 saturated carbocycles. The van der Waals surface area contributed by atoms with E-state index in [1.165, 1.54) is 88.0 Å². The molecule has 1 spiro atoms. The Labute approximate surface area is 203 Å². The first kappa shape index (κ1) is 23.4. The third-order valence-corrected chi connectivity index (χ3v) is 8.44. The summed E-state index contributed by atoms with van der Waals surface area (Å²) < 4.78 is 0. The molecular weight excluding hydrogens is 426 g/mol. The molecule has 1 aliphatic carbocycles. The quantitative estimate of drug-likeness (QED) is 0.619. The first-order valence-electron chi connectivity index (χ1n) is 13.1. The highest BCUT2D eigenvalue weighted by Gasteiger charge is 2.41. The lowest BCUT2D eigenvalue weighted by molar-refractivity contribution is 0.0615. The molecule has 3 fully saturated rings. The van der Waals surface area contributed by atoms with E-state index in [0.29, 0.717) is 17.8 Å². The highest BCUT2D eigenvalue weighted by atomic mass is 16.4. The average molecular weight is 466 g/mol. The van der Waals surface area contributed by atoms with Crippen LogP contribution < -0.4 is 0 Å². The fourth-order valence-corrected chi connectivity index (χ4v) is 6.37. The summed E-state index contributed by atoms with van der Waals surface area (Å²) >= 11 is 0. The molecule has 3 aliphatic rings. The summed E-state index contributed by atoms with van der Waals surface area (Å²) in [6.07, 6.45) is 13.6. The molecule has 2 N–H and O–H groups in total. The number of hydrogen-bond acceptors (Lipinski definition) is 4. The number of piperidine rings is 1. The van der Waals surface area contributed by atoms with Crippen molar-refractivity contribution in [3.63, 3.8) is 0 Å². The van der Waals surface area contributed by atoms with E-state index in [0.717, 1.165) is 18.2 Å². The number of H-pyrrole nitrogens is 1. The number of carboxylic acid groups (broad SMARTS) is 1. The lowest BCUT2D eigenvalue weighted by Gasteiger charge is -2.43. The number of nitrogens with zero attached hydrogens (tertiary/aromatic N) is 4. The third-order valence-electron chi connectivity index (χ3n) is 8.44. The molecule has 0 radical (unpaired) electrons. The van der Waals surface area contributed by atoms with E-state index in [-0.39, 0.29) is 6.54 Å². The predicted octanol–water partition coefficient (Wildman–Crippen LogP) is 4.71. The fourth-order valence-electron chi connectivity index (χ4n) is 6.37. The number of likely N-dealkylation sites (tertiary alicyclic amines) is 2. The Kier molecular flexibility index (Phi) is 7.21. The van der Waals surface area contributed by atoms with Crippen molar-refractivity contribution in [3.8, 4) is 0 Å². The van der Waals surface area contributed by atoms with Gasteiger partial charge in [-0.2, -0.15) is 0 Å². The number of aromatic amines is 1. The Morgan fingerprint density at radius 1 is 1.03 bits per heavy atom. The van der Waals surface area contributed by atoms with Crippen molar-refractivity contribution < 1.29 is 9.90 Å². The fraction of sp³-hybridized carbons (Fsp3) is 0.630. The topological polar surface area (TPSA) is 75.7 Å². The highest BCUT2D eigenvalue weighted by Crippen LogP contribution is 2.42. The third kappa shape index (κ3) is 5.63. The monoisotopic (exact) mass is 465 g/mol. The molecule has 1 aromatic heterocycles. The normalized spacial score (nSPS) is 21.8. The van der Waals surface area contributed by atoms with Gasteiger partial charge in [0.25, 0.3) is 0 Å². The number of carbonyl (C=O) groups is 1. The average Bonchev–Trinajstić information content (AvgIpc) is 3.51. The zero-order valence-electron chi connectivity index (χ0n) is 20.3. The Morgan fingerprint density at radius 2 is 1.74 bits per heavy atom. The molecule has 184 valence electrons. The van der Waals surface area contributed by atoms with E-state index in [1.54, 1.807) is 12.4 Å². The van der Waals surface area contributed by atoms with Gasteiger partial charge in [0.2, 0.25) is 0 Å². The molecule has 0 bridgehead atoms. The maximum absolute atomic E-state index is 11.7. The van der Waals surface area contributed by atoms with Gasteiger partial charge in [0, 0.05) is 38.1 Å². The van der Waals surface area contributed by atoms with Crippen LogP contribution in [0.2, 0.25) is 0 Å². The van der Waals surface area contributed by atoms with Crippen molar-refractivity contribution in [3.05, 3.63) is 53.6 Å². The molecule has 2 aromatic rings. The molecule has 34 heavy (non-hydrogen) atoms. The zero-order valence-corrected chi connectivity index (χ0v) is 20.3. The smallest absolute Gasteiger partial charge is 0.408 e. The van der Waals surface area contributed by atoms with Crippen molar-refractivity contribution in [2.75, 3.05) is 26.2 Å². The van der Waals surface area contributed by atoms with E-state index >= 15 is 0 Å². The summed E-state index contributed by atoms with van der Waals surface area (Å²) in [5.41, 5.74) is 2.85.